The summed E-state index contributed by atoms with van der Waals surface area (Å²) in [5.41, 5.74) is 7.53. The molecule has 112 valence electrons. The minimum Gasteiger partial charge on any atom is -0.373 e. The van der Waals surface area contributed by atoms with Gasteiger partial charge in [0.1, 0.15) is 0 Å². The Bertz CT molecular complexity index is 576. The second kappa shape index (κ2) is 5.81. The van der Waals surface area contributed by atoms with E-state index >= 15 is 0 Å². The molecule has 0 spiro atoms. The highest BCUT2D eigenvalue weighted by Gasteiger charge is 2.32. The number of ether oxygens (including phenoxy) is 1. The fourth-order valence-corrected chi connectivity index (χ4v) is 4.15. The number of rotatable bonds is 3. The highest BCUT2D eigenvalue weighted by Crippen LogP contribution is 2.23. The fourth-order valence-electron chi connectivity index (χ4n) is 2.50. The van der Waals surface area contributed by atoms with Crippen molar-refractivity contribution in [1.82, 2.24) is 4.31 Å². The van der Waals surface area contributed by atoms with E-state index in [0.29, 0.717) is 24.5 Å². The van der Waals surface area contributed by atoms with Crippen molar-refractivity contribution >= 4 is 10.0 Å². The molecule has 1 fully saturated rings. The van der Waals surface area contributed by atoms with Crippen molar-refractivity contribution in [3.63, 3.8) is 0 Å². The number of nitrogens with zero attached hydrogens (tertiary/aromatic N) is 1. The van der Waals surface area contributed by atoms with E-state index in [1.807, 2.05) is 26.8 Å². The molecule has 1 aromatic carbocycles. The van der Waals surface area contributed by atoms with Gasteiger partial charge in [0, 0.05) is 19.6 Å². The van der Waals surface area contributed by atoms with Crippen LogP contribution in [0.25, 0.3) is 0 Å². The molecule has 0 saturated carbocycles. The van der Waals surface area contributed by atoms with Crippen molar-refractivity contribution in [2.24, 2.45) is 5.73 Å². The van der Waals surface area contributed by atoms with Crippen LogP contribution in [-0.4, -0.2) is 38.0 Å². The minimum atomic E-state index is -3.48. The molecule has 0 radical (unpaired) electrons. The molecule has 2 rings (SSSR count). The molecule has 0 aromatic heterocycles. The second-order valence-corrected chi connectivity index (χ2v) is 7.31. The summed E-state index contributed by atoms with van der Waals surface area (Å²) in [6.07, 6.45) is -0.180. The Balaban J connectivity index is 2.34. The molecule has 1 aliphatic heterocycles. The number of sulfonamides is 1. The van der Waals surface area contributed by atoms with E-state index in [4.69, 9.17) is 10.5 Å². The first-order chi connectivity index (χ1) is 9.34. The molecule has 1 saturated heterocycles. The van der Waals surface area contributed by atoms with Crippen LogP contribution < -0.4 is 5.73 Å². The quantitative estimate of drug-likeness (QED) is 0.911. The van der Waals surface area contributed by atoms with E-state index in [1.54, 1.807) is 12.1 Å². The lowest BCUT2D eigenvalue weighted by molar-refractivity contribution is -0.0440. The largest absolute Gasteiger partial charge is 0.373 e. The van der Waals surface area contributed by atoms with Gasteiger partial charge in [0.25, 0.3) is 0 Å². The molecule has 6 heteroatoms. The molecule has 1 aliphatic rings. The monoisotopic (exact) mass is 298 g/mol. The number of benzene rings is 1. The van der Waals surface area contributed by atoms with Crippen LogP contribution in [0.3, 0.4) is 0 Å². The Labute approximate surface area is 120 Å². The Morgan fingerprint density at radius 1 is 1.30 bits per heavy atom. The molecule has 2 unspecified atom stereocenters. The normalized spacial score (nSPS) is 24.8. The van der Waals surface area contributed by atoms with Crippen LogP contribution in [-0.2, 0) is 21.3 Å². The lowest BCUT2D eigenvalue weighted by Crippen LogP contribution is -2.48. The highest BCUT2D eigenvalue weighted by atomic mass is 32.2. The third kappa shape index (κ3) is 3.03. The highest BCUT2D eigenvalue weighted by molar-refractivity contribution is 7.89. The van der Waals surface area contributed by atoms with Gasteiger partial charge < -0.3 is 10.5 Å². The van der Waals surface area contributed by atoms with Gasteiger partial charge in [-0.3, -0.25) is 0 Å². The topological polar surface area (TPSA) is 72.6 Å². The fraction of sp³-hybridized carbons (Fsp3) is 0.571. The standard InChI is InChI=1S/C14H22N2O3S/c1-10-4-5-14(6-13(10)7-15)20(17,18)16-8-11(2)19-12(3)9-16/h4-6,11-12H,7-9,15H2,1-3H3. The lowest BCUT2D eigenvalue weighted by atomic mass is 10.1. The molecular formula is C14H22N2O3S. The maximum Gasteiger partial charge on any atom is 0.243 e. The predicted molar refractivity (Wildman–Crippen MR) is 77.8 cm³/mol. The summed E-state index contributed by atoms with van der Waals surface area (Å²) in [5.74, 6) is 0. The summed E-state index contributed by atoms with van der Waals surface area (Å²) >= 11 is 0. The zero-order valence-electron chi connectivity index (χ0n) is 12.2. The summed E-state index contributed by atoms with van der Waals surface area (Å²) in [4.78, 5) is 0.310. The van der Waals surface area contributed by atoms with Gasteiger partial charge in [0.15, 0.2) is 0 Å². The molecule has 2 atom stereocenters. The SMILES string of the molecule is Cc1ccc(S(=O)(=O)N2CC(C)OC(C)C2)cc1CN. The Kier molecular flexibility index (Phi) is 4.49. The molecule has 1 aromatic rings. The third-order valence-corrected chi connectivity index (χ3v) is 5.39. The van der Waals surface area contributed by atoms with Crippen molar-refractivity contribution in [1.29, 1.82) is 0 Å². The molecular weight excluding hydrogens is 276 g/mol. The van der Waals surface area contributed by atoms with Crippen molar-refractivity contribution in [2.75, 3.05) is 13.1 Å². The van der Waals surface area contributed by atoms with Gasteiger partial charge in [0.05, 0.1) is 17.1 Å². The van der Waals surface area contributed by atoms with Crippen LogP contribution in [0.1, 0.15) is 25.0 Å². The maximum atomic E-state index is 12.7. The van der Waals surface area contributed by atoms with Gasteiger partial charge in [-0.2, -0.15) is 4.31 Å². The number of hydrogen-bond donors (Lipinski definition) is 1. The zero-order chi connectivity index (χ0) is 14.9. The summed E-state index contributed by atoms with van der Waals surface area (Å²) in [6, 6.07) is 5.13. The van der Waals surface area contributed by atoms with Crippen LogP contribution in [0.2, 0.25) is 0 Å². The molecule has 0 bridgehead atoms. The summed E-state index contributed by atoms with van der Waals surface area (Å²) in [6.45, 7) is 6.82. The zero-order valence-corrected chi connectivity index (χ0v) is 13.0. The molecule has 5 nitrogen and oxygen atoms in total. The molecule has 1 heterocycles. The van der Waals surface area contributed by atoms with Crippen LogP contribution in [0, 0.1) is 6.92 Å². The summed E-state index contributed by atoms with van der Waals surface area (Å²) in [5, 5.41) is 0. The number of aryl methyl sites for hydroxylation is 1. The average molecular weight is 298 g/mol. The van der Waals surface area contributed by atoms with E-state index in [2.05, 4.69) is 0 Å². The molecule has 0 aliphatic carbocycles. The van der Waals surface area contributed by atoms with E-state index in [-0.39, 0.29) is 12.2 Å². The third-order valence-electron chi connectivity index (χ3n) is 3.56. The van der Waals surface area contributed by atoms with Crippen molar-refractivity contribution in [3.05, 3.63) is 29.3 Å². The first-order valence-corrected chi connectivity index (χ1v) is 8.23. The van der Waals surface area contributed by atoms with Gasteiger partial charge >= 0.3 is 0 Å². The minimum absolute atomic E-state index is 0.0899. The van der Waals surface area contributed by atoms with Crippen LogP contribution in [0.5, 0.6) is 0 Å². The number of nitrogens with two attached hydrogens (primary N) is 1. The summed E-state index contributed by atoms with van der Waals surface area (Å²) < 4.78 is 32.5. The Morgan fingerprint density at radius 2 is 1.90 bits per heavy atom. The molecule has 2 N–H and O–H groups in total. The van der Waals surface area contributed by atoms with Gasteiger partial charge in [-0.15, -0.1) is 0 Å². The van der Waals surface area contributed by atoms with E-state index in [0.717, 1.165) is 11.1 Å². The average Bonchev–Trinajstić information content (AvgIpc) is 2.37. The van der Waals surface area contributed by atoms with Crippen LogP contribution >= 0.6 is 0 Å². The molecule has 20 heavy (non-hydrogen) atoms. The summed E-state index contributed by atoms with van der Waals surface area (Å²) in [7, 11) is -3.48. The van der Waals surface area contributed by atoms with Crippen LogP contribution in [0.15, 0.2) is 23.1 Å². The maximum absolute atomic E-state index is 12.7. The van der Waals surface area contributed by atoms with Crippen LogP contribution in [0.4, 0.5) is 0 Å². The molecule has 0 amide bonds. The van der Waals surface area contributed by atoms with Gasteiger partial charge in [-0.05, 0) is 44.0 Å². The lowest BCUT2D eigenvalue weighted by Gasteiger charge is -2.34. The van der Waals surface area contributed by atoms with E-state index in [1.165, 1.54) is 4.31 Å². The van der Waals surface area contributed by atoms with Gasteiger partial charge in [0.2, 0.25) is 10.0 Å². The van der Waals surface area contributed by atoms with Gasteiger partial charge in [-0.1, -0.05) is 6.07 Å². The van der Waals surface area contributed by atoms with E-state index < -0.39 is 10.0 Å². The van der Waals surface area contributed by atoms with Crippen molar-refractivity contribution < 1.29 is 13.2 Å². The number of morpholine rings is 1. The first kappa shape index (κ1) is 15.4. The predicted octanol–water partition coefficient (Wildman–Crippen LogP) is 1.25. The van der Waals surface area contributed by atoms with Gasteiger partial charge in [-0.25, -0.2) is 8.42 Å². The Morgan fingerprint density at radius 3 is 2.45 bits per heavy atom. The van der Waals surface area contributed by atoms with Crippen molar-refractivity contribution in [3.8, 4) is 0 Å². The van der Waals surface area contributed by atoms with Crippen molar-refractivity contribution in [2.45, 2.75) is 44.4 Å². The smallest absolute Gasteiger partial charge is 0.243 e. The number of hydrogen-bond acceptors (Lipinski definition) is 4. The first-order valence-electron chi connectivity index (χ1n) is 6.79. The van der Waals surface area contributed by atoms with E-state index in [9.17, 15) is 8.42 Å². The Hall–Kier alpha value is -0.950. The second-order valence-electron chi connectivity index (χ2n) is 5.37.